The van der Waals surface area contributed by atoms with Crippen LogP contribution in [0.25, 0.3) is 0 Å². The number of carbonyl (C=O) groups excluding carboxylic acids is 2. The standard InChI is InChI=1S/C10H17N3O2/c11-8-3-4-12(7-8)5-6-13-9(14)1-2-10(13)15/h8H,1-7,11H2/t8-/m1/s1. The molecule has 0 aromatic carbocycles. The van der Waals surface area contributed by atoms with Crippen molar-refractivity contribution in [1.29, 1.82) is 0 Å². The number of nitrogens with two attached hydrogens (primary N) is 1. The second-order valence-corrected chi connectivity index (χ2v) is 4.29. The third-order valence-electron chi connectivity index (χ3n) is 3.10. The number of likely N-dealkylation sites (tertiary alicyclic amines) is 2. The zero-order valence-corrected chi connectivity index (χ0v) is 8.82. The average molecular weight is 211 g/mol. The number of hydrogen-bond donors (Lipinski definition) is 1. The third kappa shape index (κ3) is 2.35. The molecule has 5 heteroatoms. The van der Waals surface area contributed by atoms with Crippen LogP contribution in [0.3, 0.4) is 0 Å². The first-order valence-electron chi connectivity index (χ1n) is 5.48. The molecular weight excluding hydrogens is 194 g/mol. The van der Waals surface area contributed by atoms with E-state index in [1.165, 1.54) is 4.90 Å². The Kier molecular flexibility index (Phi) is 3.02. The molecule has 2 saturated heterocycles. The molecule has 0 aliphatic carbocycles. The van der Waals surface area contributed by atoms with Gasteiger partial charge in [-0.1, -0.05) is 0 Å². The normalized spacial score (nSPS) is 28.1. The van der Waals surface area contributed by atoms with Crippen LogP contribution in [0.2, 0.25) is 0 Å². The van der Waals surface area contributed by atoms with Crippen molar-refractivity contribution in [1.82, 2.24) is 9.80 Å². The Balaban J connectivity index is 1.78. The maximum absolute atomic E-state index is 11.3. The summed E-state index contributed by atoms with van der Waals surface area (Å²) in [6.07, 6.45) is 1.79. The van der Waals surface area contributed by atoms with Crippen molar-refractivity contribution in [2.45, 2.75) is 25.3 Å². The van der Waals surface area contributed by atoms with Gasteiger partial charge in [0.05, 0.1) is 0 Å². The number of nitrogens with zero attached hydrogens (tertiary/aromatic N) is 2. The maximum atomic E-state index is 11.3. The van der Waals surface area contributed by atoms with Crippen LogP contribution in [0.1, 0.15) is 19.3 Å². The number of amides is 2. The second kappa shape index (κ2) is 4.28. The molecule has 0 saturated carbocycles. The summed E-state index contributed by atoms with van der Waals surface area (Å²) in [5.74, 6) is -0.0491. The zero-order chi connectivity index (χ0) is 10.8. The topological polar surface area (TPSA) is 66.6 Å². The predicted molar refractivity (Wildman–Crippen MR) is 55.0 cm³/mol. The smallest absolute Gasteiger partial charge is 0.229 e. The molecule has 5 nitrogen and oxygen atoms in total. The molecule has 0 bridgehead atoms. The van der Waals surface area contributed by atoms with Crippen LogP contribution in [0.5, 0.6) is 0 Å². The number of carbonyl (C=O) groups is 2. The van der Waals surface area contributed by atoms with Crippen molar-refractivity contribution in [3.63, 3.8) is 0 Å². The molecule has 2 rings (SSSR count). The first-order valence-corrected chi connectivity index (χ1v) is 5.48. The van der Waals surface area contributed by atoms with Crippen LogP contribution in [-0.2, 0) is 9.59 Å². The maximum Gasteiger partial charge on any atom is 0.229 e. The third-order valence-corrected chi connectivity index (χ3v) is 3.10. The van der Waals surface area contributed by atoms with Gasteiger partial charge in [0.1, 0.15) is 0 Å². The fraction of sp³-hybridized carbons (Fsp3) is 0.800. The van der Waals surface area contributed by atoms with Gasteiger partial charge in [0.2, 0.25) is 11.8 Å². The minimum atomic E-state index is -0.0245. The van der Waals surface area contributed by atoms with E-state index in [1.54, 1.807) is 0 Å². The van der Waals surface area contributed by atoms with E-state index in [1.807, 2.05) is 0 Å². The van der Waals surface area contributed by atoms with Crippen molar-refractivity contribution in [2.75, 3.05) is 26.2 Å². The van der Waals surface area contributed by atoms with Crippen LogP contribution in [0.15, 0.2) is 0 Å². The molecule has 84 valence electrons. The lowest BCUT2D eigenvalue weighted by Crippen LogP contribution is -2.38. The molecule has 1 atom stereocenters. The summed E-state index contributed by atoms with van der Waals surface area (Å²) in [4.78, 5) is 26.2. The Morgan fingerprint density at radius 1 is 1.20 bits per heavy atom. The van der Waals surface area contributed by atoms with Gasteiger partial charge in [0.25, 0.3) is 0 Å². The lowest BCUT2D eigenvalue weighted by Gasteiger charge is -2.19. The molecule has 15 heavy (non-hydrogen) atoms. The molecule has 0 aromatic heterocycles. The average Bonchev–Trinajstić information content (AvgIpc) is 2.73. The number of rotatable bonds is 3. The van der Waals surface area contributed by atoms with Gasteiger partial charge in [0, 0.05) is 38.5 Å². The molecule has 0 unspecified atom stereocenters. The molecular formula is C10H17N3O2. The minimum absolute atomic E-state index is 0.0245. The molecule has 2 aliphatic heterocycles. The van der Waals surface area contributed by atoms with Gasteiger partial charge in [-0.2, -0.15) is 0 Å². The van der Waals surface area contributed by atoms with E-state index in [2.05, 4.69) is 4.90 Å². The van der Waals surface area contributed by atoms with E-state index in [-0.39, 0.29) is 17.9 Å². The lowest BCUT2D eigenvalue weighted by molar-refractivity contribution is -0.138. The lowest BCUT2D eigenvalue weighted by atomic mass is 10.3. The van der Waals surface area contributed by atoms with Gasteiger partial charge in [-0.05, 0) is 13.0 Å². The highest BCUT2D eigenvalue weighted by Crippen LogP contribution is 2.12. The fourth-order valence-corrected chi connectivity index (χ4v) is 2.18. The summed E-state index contributed by atoms with van der Waals surface area (Å²) in [6.45, 7) is 3.17. The van der Waals surface area contributed by atoms with Crippen LogP contribution in [-0.4, -0.2) is 53.8 Å². The van der Waals surface area contributed by atoms with E-state index in [0.29, 0.717) is 19.4 Å². The van der Waals surface area contributed by atoms with Crippen molar-refractivity contribution < 1.29 is 9.59 Å². The quantitative estimate of drug-likeness (QED) is 0.619. The molecule has 2 N–H and O–H groups in total. The van der Waals surface area contributed by atoms with Crippen LogP contribution < -0.4 is 5.73 Å². The Labute approximate surface area is 89.2 Å². The van der Waals surface area contributed by atoms with E-state index < -0.39 is 0 Å². The van der Waals surface area contributed by atoms with Crippen LogP contribution in [0.4, 0.5) is 0 Å². The molecule has 0 aromatic rings. The highest BCUT2D eigenvalue weighted by atomic mass is 16.2. The summed E-state index contributed by atoms with van der Waals surface area (Å²) < 4.78 is 0. The van der Waals surface area contributed by atoms with Crippen molar-refractivity contribution >= 4 is 11.8 Å². The van der Waals surface area contributed by atoms with Gasteiger partial charge in [0.15, 0.2) is 0 Å². The molecule has 0 spiro atoms. The molecule has 0 radical (unpaired) electrons. The van der Waals surface area contributed by atoms with Gasteiger partial charge >= 0.3 is 0 Å². The summed E-state index contributed by atoms with van der Waals surface area (Å²) in [6, 6.07) is 0.259. The number of imide groups is 1. The Bertz CT molecular complexity index is 264. The first kappa shape index (κ1) is 10.6. The highest BCUT2D eigenvalue weighted by Gasteiger charge is 2.29. The summed E-state index contributed by atoms with van der Waals surface area (Å²) in [7, 11) is 0. The minimum Gasteiger partial charge on any atom is -0.326 e. The van der Waals surface area contributed by atoms with E-state index >= 15 is 0 Å². The highest BCUT2D eigenvalue weighted by molar-refractivity contribution is 6.01. The molecule has 2 fully saturated rings. The van der Waals surface area contributed by atoms with E-state index in [0.717, 1.165) is 26.1 Å². The van der Waals surface area contributed by atoms with E-state index in [9.17, 15) is 9.59 Å². The van der Waals surface area contributed by atoms with Gasteiger partial charge in [-0.3, -0.25) is 19.4 Å². The molecule has 2 heterocycles. The summed E-state index contributed by atoms with van der Waals surface area (Å²) in [5, 5.41) is 0. The SMILES string of the molecule is N[C@@H]1CCN(CCN2C(=O)CCC2=O)C1. The molecule has 2 amide bonds. The summed E-state index contributed by atoms with van der Waals surface area (Å²) in [5.41, 5.74) is 5.77. The van der Waals surface area contributed by atoms with Crippen molar-refractivity contribution in [2.24, 2.45) is 5.73 Å². The van der Waals surface area contributed by atoms with E-state index in [4.69, 9.17) is 5.73 Å². The largest absolute Gasteiger partial charge is 0.326 e. The first-order chi connectivity index (χ1) is 7.16. The fourth-order valence-electron chi connectivity index (χ4n) is 2.18. The van der Waals surface area contributed by atoms with Crippen LogP contribution in [0, 0.1) is 0 Å². The number of hydrogen-bond acceptors (Lipinski definition) is 4. The van der Waals surface area contributed by atoms with Crippen molar-refractivity contribution in [3.8, 4) is 0 Å². The zero-order valence-electron chi connectivity index (χ0n) is 8.82. The van der Waals surface area contributed by atoms with Gasteiger partial charge in [-0.15, -0.1) is 0 Å². The molecule has 2 aliphatic rings. The summed E-state index contributed by atoms with van der Waals surface area (Å²) >= 11 is 0. The van der Waals surface area contributed by atoms with Gasteiger partial charge in [-0.25, -0.2) is 0 Å². The van der Waals surface area contributed by atoms with Crippen LogP contribution >= 0.6 is 0 Å². The Hall–Kier alpha value is -0.940. The monoisotopic (exact) mass is 211 g/mol. The Morgan fingerprint density at radius 2 is 1.87 bits per heavy atom. The predicted octanol–water partition coefficient (Wildman–Crippen LogP) is -0.832. The second-order valence-electron chi connectivity index (χ2n) is 4.29. The Morgan fingerprint density at radius 3 is 2.40 bits per heavy atom. The van der Waals surface area contributed by atoms with Gasteiger partial charge < -0.3 is 5.73 Å². The van der Waals surface area contributed by atoms with Crippen molar-refractivity contribution in [3.05, 3.63) is 0 Å².